The Kier molecular flexibility index (Phi) is 5.04. The van der Waals surface area contributed by atoms with Gasteiger partial charge in [0, 0.05) is 32.0 Å². The predicted octanol–water partition coefficient (Wildman–Crippen LogP) is 3.51. The third kappa shape index (κ3) is 3.88. The Hall–Kier alpha value is -1.85. The second kappa shape index (κ2) is 7.58. The van der Waals surface area contributed by atoms with Crippen LogP contribution < -0.4 is 4.74 Å². The average molecular weight is 342 g/mol. The van der Waals surface area contributed by atoms with Crippen LogP contribution in [-0.4, -0.2) is 41.8 Å². The van der Waals surface area contributed by atoms with Crippen LogP contribution in [0.3, 0.4) is 0 Å². The van der Waals surface area contributed by atoms with Crippen molar-refractivity contribution in [1.29, 1.82) is 0 Å². The molecule has 0 bridgehead atoms. The number of nitrogens with zero attached hydrogens (tertiary/aromatic N) is 2. The third-order valence-corrected chi connectivity index (χ3v) is 5.62. The van der Waals surface area contributed by atoms with E-state index in [9.17, 15) is 0 Å². The SMILES string of the molecule is c1ccc(OCC[C@@H]2CCOC23CCN(Cc2ccco2)CC3)nc1. The number of furan rings is 1. The van der Waals surface area contributed by atoms with Crippen molar-refractivity contribution in [3.05, 3.63) is 48.6 Å². The standard InChI is InChI=1S/C20H26N2O3/c1-2-10-21-19(5-1)24-14-6-17-7-15-25-20(17)8-11-22(12-9-20)16-18-4-3-13-23-18/h1-5,10,13,17H,6-9,11-12,14-16H2/t17-/m1/s1. The van der Waals surface area contributed by atoms with Crippen molar-refractivity contribution in [2.75, 3.05) is 26.3 Å². The molecule has 134 valence electrons. The van der Waals surface area contributed by atoms with Gasteiger partial charge in [-0.2, -0.15) is 0 Å². The van der Waals surface area contributed by atoms with Crippen molar-refractivity contribution >= 4 is 0 Å². The number of pyridine rings is 1. The second-order valence-electron chi connectivity index (χ2n) is 7.06. The Bertz CT molecular complexity index is 636. The molecule has 4 rings (SSSR count). The second-order valence-corrected chi connectivity index (χ2v) is 7.06. The highest BCUT2D eigenvalue weighted by molar-refractivity contribution is 5.09. The molecule has 2 saturated heterocycles. The van der Waals surface area contributed by atoms with Crippen LogP contribution >= 0.6 is 0 Å². The molecule has 2 aliphatic rings. The molecule has 0 unspecified atom stereocenters. The van der Waals surface area contributed by atoms with Gasteiger partial charge >= 0.3 is 0 Å². The first-order chi connectivity index (χ1) is 12.3. The maximum Gasteiger partial charge on any atom is 0.213 e. The first-order valence-electron chi connectivity index (χ1n) is 9.27. The molecule has 0 aliphatic carbocycles. The summed E-state index contributed by atoms with van der Waals surface area (Å²) >= 11 is 0. The van der Waals surface area contributed by atoms with E-state index in [4.69, 9.17) is 13.9 Å². The summed E-state index contributed by atoms with van der Waals surface area (Å²) in [5, 5.41) is 0. The number of aromatic nitrogens is 1. The zero-order valence-corrected chi connectivity index (χ0v) is 14.6. The molecule has 2 aromatic heterocycles. The van der Waals surface area contributed by atoms with Crippen LogP contribution in [0.4, 0.5) is 0 Å². The highest BCUT2D eigenvalue weighted by Crippen LogP contribution is 2.42. The average Bonchev–Trinajstić information content (AvgIpc) is 3.29. The van der Waals surface area contributed by atoms with E-state index in [1.54, 1.807) is 12.5 Å². The molecule has 0 radical (unpaired) electrons. The molecular weight excluding hydrogens is 316 g/mol. The molecule has 0 N–H and O–H groups in total. The van der Waals surface area contributed by atoms with Gasteiger partial charge in [-0.25, -0.2) is 4.98 Å². The van der Waals surface area contributed by atoms with Crippen molar-refractivity contribution in [2.45, 2.75) is 37.8 Å². The highest BCUT2D eigenvalue weighted by atomic mass is 16.5. The van der Waals surface area contributed by atoms with E-state index in [1.807, 2.05) is 30.3 Å². The van der Waals surface area contributed by atoms with Gasteiger partial charge in [0.2, 0.25) is 5.88 Å². The largest absolute Gasteiger partial charge is 0.478 e. The van der Waals surface area contributed by atoms with Crippen molar-refractivity contribution in [3.8, 4) is 5.88 Å². The molecule has 2 fully saturated rings. The number of hydrogen-bond acceptors (Lipinski definition) is 5. The van der Waals surface area contributed by atoms with E-state index >= 15 is 0 Å². The molecule has 1 spiro atoms. The topological polar surface area (TPSA) is 47.7 Å². The summed E-state index contributed by atoms with van der Waals surface area (Å²) in [4.78, 5) is 6.69. The smallest absolute Gasteiger partial charge is 0.213 e. The molecule has 5 nitrogen and oxygen atoms in total. The van der Waals surface area contributed by atoms with Crippen LogP contribution in [0.5, 0.6) is 5.88 Å². The Morgan fingerprint density at radius 1 is 1.20 bits per heavy atom. The Morgan fingerprint density at radius 2 is 2.12 bits per heavy atom. The molecule has 25 heavy (non-hydrogen) atoms. The summed E-state index contributed by atoms with van der Waals surface area (Å²) in [5.41, 5.74) is 0.0488. The van der Waals surface area contributed by atoms with E-state index in [0.717, 1.165) is 57.7 Å². The first kappa shape index (κ1) is 16.6. The van der Waals surface area contributed by atoms with E-state index in [0.29, 0.717) is 18.4 Å². The molecular formula is C20H26N2O3. The Morgan fingerprint density at radius 3 is 2.88 bits per heavy atom. The van der Waals surface area contributed by atoms with Crippen LogP contribution in [0.25, 0.3) is 0 Å². The van der Waals surface area contributed by atoms with E-state index in [-0.39, 0.29) is 5.60 Å². The van der Waals surface area contributed by atoms with Gasteiger partial charge in [-0.05, 0) is 49.8 Å². The van der Waals surface area contributed by atoms with Gasteiger partial charge in [0.15, 0.2) is 0 Å². The summed E-state index contributed by atoms with van der Waals surface area (Å²) in [6.45, 7) is 4.63. The number of likely N-dealkylation sites (tertiary alicyclic amines) is 1. The van der Waals surface area contributed by atoms with E-state index in [1.165, 1.54) is 0 Å². The van der Waals surface area contributed by atoms with Gasteiger partial charge in [-0.1, -0.05) is 6.07 Å². The zero-order valence-electron chi connectivity index (χ0n) is 14.6. The summed E-state index contributed by atoms with van der Waals surface area (Å²) in [7, 11) is 0. The lowest BCUT2D eigenvalue weighted by Crippen LogP contribution is -2.47. The number of piperidine rings is 1. The fraction of sp³-hybridized carbons (Fsp3) is 0.550. The monoisotopic (exact) mass is 342 g/mol. The molecule has 0 amide bonds. The van der Waals surface area contributed by atoms with Crippen LogP contribution in [0.1, 0.15) is 31.4 Å². The minimum Gasteiger partial charge on any atom is -0.478 e. The summed E-state index contributed by atoms with van der Waals surface area (Å²) in [6.07, 6.45) is 7.89. The van der Waals surface area contributed by atoms with Gasteiger partial charge in [0.1, 0.15) is 5.76 Å². The summed E-state index contributed by atoms with van der Waals surface area (Å²) in [5.74, 6) is 2.34. The summed E-state index contributed by atoms with van der Waals surface area (Å²) < 4.78 is 17.5. The van der Waals surface area contributed by atoms with Crippen LogP contribution in [0.2, 0.25) is 0 Å². The van der Waals surface area contributed by atoms with Crippen molar-refractivity contribution in [1.82, 2.24) is 9.88 Å². The van der Waals surface area contributed by atoms with Crippen molar-refractivity contribution in [3.63, 3.8) is 0 Å². The molecule has 4 heterocycles. The molecule has 0 aromatic carbocycles. The number of ether oxygens (including phenoxy) is 2. The Balaban J connectivity index is 1.27. The first-order valence-corrected chi connectivity index (χ1v) is 9.27. The van der Waals surface area contributed by atoms with E-state index < -0.39 is 0 Å². The number of hydrogen-bond donors (Lipinski definition) is 0. The lowest BCUT2D eigenvalue weighted by Gasteiger charge is -2.42. The molecule has 2 aromatic rings. The van der Waals surface area contributed by atoms with Crippen LogP contribution in [0, 0.1) is 5.92 Å². The van der Waals surface area contributed by atoms with Crippen LogP contribution in [0.15, 0.2) is 47.2 Å². The van der Waals surface area contributed by atoms with E-state index in [2.05, 4.69) is 9.88 Å². The maximum absolute atomic E-state index is 6.26. The molecule has 1 atom stereocenters. The van der Waals surface area contributed by atoms with Gasteiger partial charge in [0.05, 0.1) is 25.0 Å². The highest BCUT2D eigenvalue weighted by Gasteiger charge is 2.45. The third-order valence-electron chi connectivity index (χ3n) is 5.62. The lowest BCUT2D eigenvalue weighted by molar-refractivity contribution is -0.0716. The maximum atomic E-state index is 6.26. The zero-order chi connectivity index (χ0) is 17.0. The quantitative estimate of drug-likeness (QED) is 0.804. The summed E-state index contributed by atoms with van der Waals surface area (Å²) in [6, 6.07) is 9.78. The molecule has 2 aliphatic heterocycles. The van der Waals surface area contributed by atoms with Gasteiger partial charge in [-0.3, -0.25) is 4.90 Å². The van der Waals surface area contributed by atoms with Gasteiger partial charge in [0.25, 0.3) is 0 Å². The fourth-order valence-corrected chi connectivity index (χ4v) is 4.20. The minimum absolute atomic E-state index is 0.0488. The van der Waals surface area contributed by atoms with Crippen molar-refractivity contribution < 1.29 is 13.9 Å². The molecule has 5 heteroatoms. The van der Waals surface area contributed by atoms with Crippen LogP contribution in [-0.2, 0) is 11.3 Å². The van der Waals surface area contributed by atoms with Gasteiger partial charge in [-0.15, -0.1) is 0 Å². The normalized spacial score (nSPS) is 23.1. The predicted molar refractivity (Wildman–Crippen MR) is 94.4 cm³/mol. The Labute approximate surface area is 148 Å². The van der Waals surface area contributed by atoms with Gasteiger partial charge < -0.3 is 13.9 Å². The minimum atomic E-state index is 0.0488. The lowest BCUT2D eigenvalue weighted by atomic mass is 9.78. The molecule has 0 saturated carbocycles. The van der Waals surface area contributed by atoms with Crippen molar-refractivity contribution in [2.24, 2.45) is 5.92 Å². The number of rotatable bonds is 6. The fourth-order valence-electron chi connectivity index (χ4n) is 4.20.